The number of nitrogens with zero attached hydrogens (tertiary/aromatic N) is 3. The predicted octanol–water partition coefficient (Wildman–Crippen LogP) is 1.75. The Bertz CT molecular complexity index is 376. The van der Waals surface area contributed by atoms with Crippen molar-refractivity contribution in [1.29, 1.82) is 0 Å². The van der Waals surface area contributed by atoms with Crippen LogP contribution in [-0.2, 0) is 16.1 Å². The lowest BCUT2D eigenvalue weighted by Crippen LogP contribution is -2.21. The topological polar surface area (TPSA) is 69.0 Å². The maximum absolute atomic E-state index is 11.6. The number of nitrogens with one attached hydrogen (secondary N) is 1. The number of unbranched alkanes of at least 4 members (excludes halogenated alkanes) is 2. The van der Waals surface area contributed by atoms with E-state index in [0.29, 0.717) is 24.9 Å². The SMILES string of the molecule is CCCCCOCC(=O)Nc1nc(C)nn1CC. The Morgan fingerprint density at radius 1 is 1.39 bits per heavy atom. The van der Waals surface area contributed by atoms with Crippen molar-refractivity contribution < 1.29 is 9.53 Å². The summed E-state index contributed by atoms with van der Waals surface area (Å²) in [5.41, 5.74) is 0. The zero-order valence-corrected chi connectivity index (χ0v) is 11.4. The summed E-state index contributed by atoms with van der Waals surface area (Å²) in [6, 6.07) is 0. The Balaban J connectivity index is 2.31. The van der Waals surface area contributed by atoms with E-state index in [1.807, 2.05) is 6.92 Å². The summed E-state index contributed by atoms with van der Waals surface area (Å²) in [7, 11) is 0. The van der Waals surface area contributed by atoms with E-state index in [1.54, 1.807) is 11.6 Å². The third-order valence-electron chi connectivity index (χ3n) is 2.45. The highest BCUT2D eigenvalue weighted by Crippen LogP contribution is 2.04. The first-order valence-electron chi connectivity index (χ1n) is 6.46. The number of hydrogen-bond donors (Lipinski definition) is 1. The highest BCUT2D eigenvalue weighted by molar-refractivity contribution is 5.90. The van der Waals surface area contributed by atoms with Gasteiger partial charge in [0.15, 0.2) is 0 Å². The molecule has 0 radical (unpaired) electrons. The number of ether oxygens (including phenoxy) is 1. The molecule has 0 saturated carbocycles. The second-order valence-corrected chi connectivity index (χ2v) is 4.11. The molecule has 0 aromatic carbocycles. The van der Waals surface area contributed by atoms with Gasteiger partial charge >= 0.3 is 0 Å². The van der Waals surface area contributed by atoms with Gasteiger partial charge in [0.25, 0.3) is 5.91 Å². The van der Waals surface area contributed by atoms with E-state index in [9.17, 15) is 4.79 Å². The number of amides is 1. The molecule has 0 unspecified atom stereocenters. The van der Waals surface area contributed by atoms with Gasteiger partial charge in [-0.3, -0.25) is 10.1 Å². The standard InChI is InChI=1S/C12H22N4O2/c1-4-6-7-8-18-9-11(17)14-12-13-10(3)15-16(12)5-2/h4-9H2,1-3H3,(H,13,14,15,17). The molecule has 0 bridgehead atoms. The van der Waals surface area contributed by atoms with Crippen LogP contribution in [0.1, 0.15) is 38.9 Å². The second-order valence-electron chi connectivity index (χ2n) is 4.11. The van der Waals surface area contributed by atoms with Crippen LogP contribution in [0.25, 0.3) is 0 Å². The second kappa shape index (κ2) is 7.81. The van der Waals surface area contributed by atoms with Gasteiger partial charge in [0.05, 0.1) is 0 Å². The molecule has 1 amide bonds. The molecule has 0 spiro atoms. The van der Waals surface area contributed by atoms with Gasteiger partial charge in [0.2, 0.25) is 5.95 Å². The maximum atomic E-state index is 11.6. The van der Waals surface area contributed by atoms with E-state index in [-0.39, 0.29) is 12.5 Å². The Morgan fingerprint density at radius 3 is 2.83 bits per heavy atom. The van der Waals surface area contributed by atoms with Crippen molar-refractivity contribution in [3.63, 3.8) is 0 Å². The van der Waals surface area contributed by atoms with Gasteiger partial charge in [-0.1, -0.05) is 19.8 Å². The summed E-state index contributed by atoms with van der Waals surface area (Å²) in [4.78, 5) is 15.7. The number of aryl methyl sites for hydroxylation is 2. The number of hydrogen-bond acceptors (Lipinski definition) is 4. The molecule has 0 atom stereocenters. The lowest BCUT2D eigenvalue weighted by Gasteiger charge is -2.06. The highest BCUT2D eigenvalue weighted by Gasteiger charge is 2.09. The summed E-state index contributed by atoms with van der Waals surface area (Å²) in [6.45, 7) is 7.24. The van der Waals surface area contributed by atoms with Crippen LogP contribution in [0.3, 0.4) is 0 Å². The minimum Gasteiger partial charge on any atom is -0.372 e. The predicted molar refractivity (Wildman–Crippen MR) is 69.4 cm³/mol. The van der Waals surface area contributed by atoms with E-state index in [0.717, 1.165) is 19.3 Å². The summed E-state index contributed by atoms with van der Waals surface area (Å²) in [6.07, 6.45) is 3.27. The first kappa shape index (κ1) is 14.6. The zero-order valence-electron chi connectivity index (χ0n) is 11.4. The molecule has 1 aromatic rings. The lowest BCUT2D eigenvalue weighted by atomic mass is 10.3. The molecular weight excluding hydrogens is 232 g/mol. The largest absolute Gasteiger partial charge is 0.372 e. The normalized spacial score (nSPS) is 10.6. The van der Waals surface area contributed by atoms with E-state index < -0.39 is 0 Å². The molecule has 0 aliphatic rings. The summed E-state index contributed by atoms with van der Waals surface area (Å²) >= 11 is 0. The molecule has 6 nitrogen and oxygen atoms in total. The number of carbonyl (C=O) groups is 1. The van der Waals surface area contributed by atoms with Crippen LogP contribution in [0.4, 0.5) is 5.95 Å². The molecule has 102 valence electrons. The number of rotatable bonds is 8. The minimum atomic E-state index is -0.186. The fourth-order valence-electron chi connectivity index (χ4n) is 1.55. The fourth-order valence-corrected chi connectivity index (χ4v) is 1.55. The molecule has 0 aliphatic heterocycles. The van der Waals surface area contributed by atoms with E-state index >= 15 is 0 Å². The van der Waals surface area contributed by atoms with E-state index in [2.05, 4.69) is 22.3 Å². The van der Waals surface area contributed by atoms with Crippen LogP contribution in [0.2, 0.25) is 0 Å². The van der Waals surface area contributed by atoms with Gasteiger partial charge in [-0.2, -0.15) is 10.1 Å². The van der Waals surface area contributed by atoms with E-state index in [1.165, 1.54) is 0 Å². The van der Waals surface area contributed by atoms with Gasteiger partial charge in [0, 0.05) is 13.2 Å². The molecule has 1 heterocycles. The van der Waals surface area contributed by atoms with Crippen molar-refractivity contribution >= 4 is 11.9 Å². The van der Waals surface area contributed by atoms with Crippen LogP contribution in [-0.4, -0.2) is 33.9 Å². The van der Waals surface area contributed by atoms with Crippen molar-refractivity contribution in [3.8, 4) is 0 Å². The first-order valence-corrected chi connectivity index (χ1v) is 6.46. The lowest BCUT2D eigenvalue weighted by molar-refractivity contribution is -0.120. The summed E-state index contributed by atoms with van der Waals surface area (Å²) in [5.74, 6) is 0.946. The van der Waals surface area contributed by atoms with Gasteiger partial charge in [-0.25, -0.2) is 4.68 Å². The number of anilines is 1. The molecule has 1 N–H and O–H groups in total. The molecule has 0 aliphatic carbocycles. The van der Waals surface area contributed by atoms with E-state index in [4.69, 9.17) is 4.74 Å². The van der Waals surface area contributed by atoms with Crippen LogP contribution < -0.4 is 5.32 Å². The average molecular weight is 254 g/mol. The van der Waals surface area contributed by atoms with Crippen molar-refractivity contribution in [1.82, 2.24) is 14.8 Å². The molecule has 0 saturated heterocycles. The van der Waals surface area contributed by atoms with Gasteiger partial charge in [-0.05, 0) is 20.3 Å². The molecule has 1 rings (SSSR count). The maximum Gasteiger partial charge on any atom is 0.252 e. The average Bonchev–Trinajstić information content (AvgIpc) is 2.69. The van der Waals surface area contributed by atoms with Gasteiger partial charge in [0.1, 0.15) is 12.4 Å². The Labute approximate surface area is 108 Å². The molecule has 6 heteroatoms. The molecule has 18 heavy (non-hydrogen) atoms. The minimum absolute atomic E-state index is 0.0688. The molecule has 0 fully saturated rings. The quantitative estimate of drug-likeness (QED) is 0.718. The van der Waals surface area contributed by atoms with Crippen molar-refractivity contribution in [2.75, 3.05) is 18.5 Å². The van der Waals surface area contributed by atoms with Crippen molar-refractivity contribution in [3.05, 3.63) is 5.82 Å². The Kier molecular flexibility index (Phi) is 6.35. The Hall–Kier alpha value is -1.43. The van der Waals surface area contributed by atoms with Crippen LogP contribution in [0, 0.1) is 6.92 Å². The fraction of sp³-hybridized carbons (Fsp3) is 0.750. The zero-order chi connectivity index (χ0) is 13.4. The molecule has 1 aromatic heterocycles. The third kappa shape index (κ3) is 4.83. The van der Waals surface area contributed by atoms with Crippen LogP contribution in [0.15, 0.2) is 0 Å². The van der Waals surface area contributed by atoms with Crippen LogP contribution >= 0.6 is 0 Å². The van der Waals surface area contributed by atoms with Gasteiger partial charge in [-0.15, -0.1) is 0 Å². The summed E-state index contributed by atoms with van der Waals surface area (Å²) < 4.78 is 6.94. The molecular formula is C12H22N4O2. The summed E-state index contributed by atoms with van der Waals surface area (Å²) in [5, 5.41) is 6.85. The van der Waals surface area contributed by atoms with Crippen LogP contribution in [0.5, 0.6) is 0 Å². The number of carbonyl (C=O) groups excluding carboxylic acids is 1. The van der Waals surface area contributed by atoms with Crippen molar-refractivity contribution in [2.45, 2.75) is 46.6 Å². The smallest absolute Gasteiger partial charge is 0.252 e. The monoisotopic (exact) mass is 254 g/mol. The van der Waals surface area contributed by atoms with Crippen molar-refractivity contribution in [2.24, 2.45) is 0 Å². The first-order chi connectivity index (χ1) is 8.67. The van der Waals surface area contributed by atoms with Gasteiger partial charge < -0.3 is 4.74 Å². The highest BCUT2D eigenvalue weighted by atomic mass is 16.5. The third-order valence-corrected chi connectivity index (χ3v) is 2.45. The Morgan fingerprint density at radius 2 is 2.17 bits per heavy atom. The number of aromatic nitrogens is 3.